The lowest BCUT2D eigenvalue weighted by atomic mass is 10.2. The summed E-state index contributed by atoms with van der Waals surface area (Å²) in [6.45, 7) is 1.16. The summed E-state index contributed by atoms with van der Waals surface area (Å²) in [5.41, 5.74) is -0.500. The fraction of sp³-hybridized carbons (Fsp3) is 0.143. The third-order valence-corrected chi connectivity index (χ3v) is 4.33. The summed E-state index contributed by atoms with van der Waals surface area (Å²) in [5, 5.41) is 0. The molecule has 1 aromatic heterocycles. The molecule has 0 bridgehead atoms. The van der Waals surface area contributed by atoms with Crippen molar-refractivity contribution in [3.05, 3.63) is 52.4 Å². The molecular weight excluding hydrogens is 379 g/mol. The van der Waals surface area contributed by atoms with Crippen molar-refractivity contribution < 1.29 is 31.2 Å². The van der Waals surface area contributed by atoms with Crippen molar-refractivity contribution in [3.63, 3.8) is 0 Å². The minimum Gasteiger partial charge on any atom is -0.344 e. The number of H-pyrrole nitrogens is 1. The first-order valence-corrected chi connectivity index (χ1v) is 8.33. The Kier molecular flexibility index (Phi) is 5.25. The Bertz CT molecular complexity index is 969. The molecule has 0 amide bonds. The van der Waals surface area contributed by atoms with Crippen LogP contribution in [0.1, 0.15) is 12.5 Å². The number of aromatic amines is 1. The van der Waals surface area contributed by atoms with Crippen LogP contribution < -0.4 is 15.8 Å². The van der Waals surface area contributed by atoms with Crippen LogP contribution in [-0.2, 0) is 25.8 Å². The molecule has 0 atom stereocenters. The average molecular weight is 391 g/mol. The van der Waals surface area contributed by atoms with E-state index in [9.17, 15) is 31.2 Å². The second-order valence-electron chi connectivity index (χ2n) is 4.95. The van der Waals surface area contributed by atoms with E-state index in [-0.39, 0.29) is 10.6 Å². The van der Waals surface area contributed by atoms with E-state index in [2.05, 4.69) is 10.3 Å². The SMILES string of the molecule is CC(=O)ONc1ccc(S(=O)(=O)Nc2cc(C(F)(F)F)c[nH]c2=O)cc1. The van der Waals surface area contributed by atoms with Crippen LogP contribution in [0.3, 0.4) is 0 Å². The van der Waals surface area contributed by atoms with E-state index in [4.69, 9.17) is 0 Å². The number of alkyl halides is 3. The number of halogens is 3. The maximum absolute atomic E-state index is 12.7. The van der Waals surface area contributed by atoms with Crippen LogP contribution >= 0.6 is 0 Å². The van der Waals surface area contributed by atoms with Crippen molar-refractivity contribution in [1.29, 1.82) is 0 Å². The summed E-state index contributed by atoms with van der Waals surface area (Å²) < 4.78 is 64.4. The topological polar surface area (TPSA) is 117 Å². The van der Waals surface area contributed by atoms with Crippen molar-refractivity contribution >= 4 is 27.4 Å². The van der Waals surface area contributed by atoms with Gasteiger partial charge < -0.3 is 9.82 Å². The molecular formula is C14H12F3N3O5S. The number of carbonyl (C=O) groups excluding carboxylic acids is 1. The predicted octanol–water partition coefficient (Wildman–Crippen LogP) is 2.08. The number of carbonyl (C=O) groups is 1. The number of rotatable bonds is 5. The first-order valence-electron chi connectivity index (χ1n) is 6.85. The van der Waals surface area contributed by atoms with Gasteiger partial charge in [-0.15, -0.1) is 0 Å². The Hall–Kier alpha value is -3.02. The van der Waals surface area contributed by atoms with Gasteiger partial charge in [-0.2, -0.15) is 13.2 Å². The van der Waals surface area contributed by atoms with Crippen molar-refractivity contribution in [2.24, 2.45) is 0 Å². The molecule has 0 radical (unpaired) electrons. The molecule has 0 aliphatic rings. The zero-order valence-corrected chi connectivity index (χ0v) is 13.9. The molecule has 0 spiro atoms. The number of nitrogens with one attached hydrogen (secondary N) is 3. The summed E-state index contributed by atoms with van der Waals surface area (Å²) in [6, 6.07) is 5.13. The standard InChI is InChI=1S/C14H12F3N3O5S/c1-8(21)25-19-10-2-4-11(5-3-10)26(23,24)20-12-6-9(14(15,16)17)7-18-13(12)22/h2-7,19-20H,1H3,(H,18,22). The Labute approximate surface area is 145 Å². The zero-order chi connectivity index (χ0) is 19.5. The minimum atomic E-state index is -4.76. The van der Waals surface area contributed by atoms with Crippen LogP contribution in [0.2, 0.25) is 0 Å². The molecule has 0 fully saturated rings. The monoisotopic (exact) mass is 391 g/mol. The van der Waals surface area contributed by atoms with E-state index < -0.39 is 39.0 Å². The highest BCUT2D eigenvalue weighted by Crippen LogP contribution is 2.29. The van der Waals surface area contributed by atoms with Crippen molar-refractivity contribution in [3.8, 4) is 0 Å². The maximum Gasteiger partial charge on any atom is 0.417 e. The van der Waals surface area contributed by atoms with Crippen LogP contribution in [0.25, 0.3) is 0 Å². The maximum atomic E-state index is 12.7. The van der Waals surface area contributed by atoms with E-state index >= 15 is 0 Å². The number of hydrogen-bond donors (Lipinski definition) is 3. The number of aromatic nitrogens is 1. The van der Waals surface area contributed by atoms with Crippen LogP contribution in [0, 0.1) is 0 Å². The molecule has 2 aromatic rings. The highest BCUT2D eigenvalue weighted by molar-refractivity contribution is 7.92. The number of sulfonamides is 1. The van der Waals surface area contributed by atoms with E-state index in [0.717, 1.165) is 19.1 Å². The first kappa shape index (κ1) is 19.3. The summed E-state index contributed by atoms with van der Waals surface area (Å²) >= 11 is 0. The van der Waals surface area contributed by atoms with E-state index in [0.29, 0.717) is 12.3 Å². The minimum absolute atomic E-state index is 0.260. The van der Waals surface area contributed by atoms with Crippen molar-refractivity contribution in [1.82, 2.24) is 4.98 Å². The molecule has 2 rings (SSSR count). The predicted molar refractivity (Wildman–Crippen MR) is 84.7 cm³/mol. The van der Waals surface area contributed by atoms with E-state index in [1.807, 2.05) is 9.71 Å². The van der Waals surface area contributed by atoms with Gasteiger partial charge in [0.05, 0.1) is 16.1 Å². The second-order valence-corrected chi connectivity index (χ2v) is 6.64. The van der Waals surface area contributed by atoms with Crippen LogP contribution in [0.15, 0.2) is 46.2 Å². The summed E-state index contributed by atoms with van der Waals surface area (Å²) in [4.78, 5) is 28.3. The third-order valence-electron chi connectivity index (χ3n) is 2.95. The molecule has 8 nitrogen and oxygen atoms in total. The Morgan fingerprint density at radius 3 is 2.35 bits per heavy atom. The van der Waals surface area contributed by atoms with Gasteiger partial charge in [0.15, 0.2) is 0 Å². The number of benzene rings is 1. The Morgan fingerprint density at radius 1 is 1.19 bits per heavy atom. The number of anilines is 2. The lowest BCUT2D eigenvalue weighted by molar-refractivity contribution is -0.138. The molecule has 1 heterocycles. The van der Waals surface area contributed by atoms with Gasteiger partial charge in [0.2, 0.25) is 0 Å². The van der Waals surface area contributed by atoms with Crippen LogP contribution in [0.4, 0.5) is 24.5 Å². The molecule has 0 saturated heterocycles. The van der Waals surface area contributed by atoms with Gasteiger partial charge >= 0.3 is 12.1 Å². The molecule has 26 heavy (non-hydrogen) atoms. The molecule has 0 saturated carbocycles. The summed E-state index contributed by atoms with van der Waals surface area (Å²) in [7, 11) is -4.32. The van der Waals surface area contributed by atoms with Gasteiger partial charge in [-0.05, 0) is 30.3 Å². The van der Waals surface area contributed by atoms with Gasteiger partial charge in [0, 0.05) is 13.1 Å². The van der Waals surface area contributed by atoms with Gasteiger partial charge in [0.25, 0.3) is 15.6 Å². The normalized spacial score (nSPS) is 11.7. The fourth-order valence-corrected chi connectivity index (χ4v) is 2.81. The zero-order valence-electron chi connectivity index (χ0n) is 13.0. The molecule has 0 aliphatic carbocycles. The molecule has 12 heteroatoms. The van der Waals surface area contributed by atoms with Crippen LogP contribution in [-0.4, -0.2) is 19.4 Å². The van der Waals surface area contributed by atoms with Crippen LogP contribution in [0.5, 0.6) is 0 Å². The van der Waals surface area contributed by atoms with Gasteiger partial charge in [-0.3, -0.25) is 14.3 Å². The summed E-state index contributed by atoms with van der Waals surface area (Å²) in [5.74, 6) is -0.618. The first-order chi connectivity index (χ1) is 12.0. The van der Waals surface area contributed by atoms with Gasteiger partial charge in [-0.25, -0.2) is 13.9 Å². The largest absolute Gasteiger partial charge is 0.417 e. The quantitative estimate of drug-likeness (QED) is 0.672. The number of hydrogen-bond acceptors (Lipinski definition) is 6. The molecule has 3 N–H and O–H groups in total. The van der Waals surface area contributed by atoms with E-state index in [1.165, 1.54) is 12.1 Å². The Morgan fingerprint density at radius 2 is 1.81 bits per heavy atom. The lowest BCUT2D eigenvalue weighted by Gasteiger charge is -2.11. The molecule has 0 unspecified atom stereocenters. The lowest BCUT2D eigenvalue weighted by Crippen LogP contribution is -2.21. The molecule has 0 aliphatic heterocycles. The third kappa shape index (κ3) is 4.75. The molecule has 140 valence electrons. The van der Waals surface area contributed by atoms with Gasteiger partial charge in [-0.1, -0.05) is 0 Å². The summed E-state index contributed by atoms with van der Waals surface area (Å²) in [6.07, 6.45) is -4.32. The van der Waals surface area contributed by atoms with Gasteiger partial charge in [0.1, 0.15) is 5.69 Å². The molecule has 1 aromatic carbocycles. The fourth-order valence-electron chi connectivity index (χ4n) is 1.76. The van der Waals surface area contributed by atoms with Crippen molar-refractivity contribution in [2.45, 2.75) is 18.0 Å². The Balaban J connectivity index is 2.26. The second kappa shape index (κ2) is 7.07. The average Bonchev–Trinajstić information content (AvgIpc) is 2.54. The smallest absolute Gasteiger partial charge is 0.344 e. The number of pyridine rings is 1. The highest BCUT2D eigenvalue weighted by Gasteiger charge is 2.32. The highest BCUT2D eigenvalue weighted by atomic mass is 32.2. The van der Waals surface area contributed by atoms with Crippen molar-refractivity contribution in [2.75, 3.05) is 10.2 Å². The van der Waals surface area contributed by atoms with E-state index in [1.54, 1.807) is 0 Å².